The minimum absolute atomic E-state index is 0.0319. The molecule has 1 amide bonds. The summed E-state index contributed by atoms with van der Waals surface area (Å²) in [6, 6.07) is 0.163. The van der Waals surface area contributed by atoms with Crippen LogP contribution in [-0.4, -0.2) is 45.3 Å². The maximum atomic E-state index is 12.8. The Labute approximate surface area is 131 Å². The predicted octanol–water partition coefficient (Wildman–Crippen LogP) is 1.64. The monoisotopic (exact) mass is 320 g/mol. The molecule has 2 aliphatic heterocycles. The van der Waals surface area contributed by atoms with Crippen molar-refractivity contribution in [1.29, 1.82) is 0 Å². The molecule has 7 nitrogen and oxygen atoms in total. The Morgan fingerprint density at radius 3 is 3.05 bits per heavy atom. The maximum absolute atomic E-state index is 12.8. The fourth-order valence-corrected chi connectivity index (χ4v) is 3.94. The minimum atomic E-state index is -0.0319. The van der Waals surface area contributed by atoms with Crippen molar-refractivity contribution in [1.82, 2.24) is 19.7 Å². The third kappa shape index (κ3) is 1.98. The summed E-state index contributed by atoms with van der Waals surface area (Å²) in [6.07, 6.45) is 0. The van der Waals surface area contributed by atoms with Gasteiger partial charge >= 0.3 is 0 Å². The van der Waals surface area contributed by atoms with Crippen molar-refractivity contribution in [2.45, 2.75) is 26.4 Å². The molecule has 0 saturated heterocycles. The van der Waals surface area contributed by atoms with Crippen molar-refractivity contribution < 1.29 is 14.3 Å². The third-order valence-corrected chi connectivity index (χ3v) is 4.90. The van der Waals surface area contributed by atoms with E-state index in [1.165, 1.54) is 11.3 Å². The number of carbonyl (C=O) groups is 1. The van der Waals surface area contributed by atoms with E-state index in [4.69, 9.17) is 9.47 Å². The minimum Gasteiger partial charge on any atom is -0.485 e. The van der Waals surface area contributed by atoms with Crippen molar-refractivity contribution in [2.75, 3.05) is 19.8 Å². The van der Waals surface area contributed by atoms with Gasteiger partial charge in [-0.25, -0.2) is 0 Å². The molecule has 2 aliphatic rings. The Hall–Kier alpha value is -2.09. The van der Waals surface area contributed by atoms with Crippen LogP contribution in [0.5, 0.6) is 11.5 Å². The lowest BCUT2D eigenvalue weighted by Crippen LogP contribution is -2.40. The summed E-state index contributed by atoms with van der Waals surface area (Å²) < 4.78 is 13.2. The highest BCUT2D eigenvalue weighted by Crippen LogP contribution is 2.40. The van der Waals surface area contributed by atoms with Crippen LogP contribution in [0.1, 0.15) is 34.3 Å². The molecule has 0 spiro atoms. The van der Waals surface area contributed by atoms with Crippen LogP contribution in [0.15, 0.2) is 5.38 Å². The molecular weight excluding hydrogens is 304 g/mol. The number of rotatable bonds is 1. The molecule has 1 atom stereocenters. The molecule has 2 aromatic rings. The van der Waals surface area contributed by atoms with E-state index >= 15 is 0 Å². The Bertz CT molecular complexity index is 739. The number of aromatic nitrogens is 3. The van der Waals surface area contributed by atoms with Crippen LogP contribution in [0, 0.1) is 6.92 Å². The smallest absolute Gasteiger partial charge is 0.268 e. The summed E-state index contributed by atoms with van der Waals surface area (Å²) in [5, 5.41) is 10.1. The highest BCUT2D eigenvalue weighted by molar-refractivity contribution is 7.12. The number of amides is 1. The van der Waals surface area contributed by atoms with E-state index in [0.29, 0.717) is 42.7 Å². The van der Waals surface area contributed by atoms with Gasteiger partial charge in [0.05, 0.1) is 12.6 Å². The number of aryl methyl sites for hydroxylation is 1. The number of ether oxygens (including phenoxy) is 2. The quantitative estimate of drug-likeness (QED) is 0.799. The summed E-state index contributed by atoms with van der Waals surface area (Å²) >= 11 is 1.37. The van der Waals surface area contributed by atoms with Gasteiger partial charge in [-0.05, 0) is 13.8 Å². The SMILES string of the molecule is Cc1nnc2n1[C@@H](C)CN(C(=O)c1scc3c1OCCO3)C2. The van der Waals surface area contributed by atoms with Gasteiger partial charge in [-0.15, -0.1) is 21.5 Å². The molecule has 0 unspecified atom stereocenters. The molecule has 0 radical (unpaired) electrons. The molecule has 0 N–H and O–H groups in total. The summed E-state index contributed by atoms with van der Waals surface area (Å²) in [6.45, 7) is 6.12. The van der Waals surface area contributed by atoms with Crippen LogP contribution in [0.3, 0.4) is 0 Å². The standard InChI is InChI=1S/C14H16N4O3S/c1-8-5-17(6-11-16-15-9(2)18(8)11)14(19)13-12-10(7-22-13)20-3-4-21-12/h7-8H,3-6H2,1-2H3/t8-/m0/s1. The zero-order valence-electron chi connectivity index (χ0n) is 12.4. The van der Waals surface area contributed by atoms with Gasteiger partial charge in [0.1, 0.15) is 23.9 Å². The number of thiophene rings is 1. The number of hydrogen-bond donors (Lipinski definition) is 0. The lowest BCUT2D eigenvalue weighted by Gasteiger charge is -2.32. The van der Waals surface area contributed by atoms with Gasteiger partial charge in [-0.1, -0.05) is 0 Å². The van der Waals surface area contributed by atoms with Gasteiger partial charge < -0.3 is 18.9 Å². The molecule has 22 heavy (non-hydrogen) atoms. The van der Waals surface area contributed by atoms with Gasteiger partial charge in [-0.2, -0.15) is 0 Å². The molecule has 4 heterocycles. The first-order valence-electron chi connectivity index (χ1n) is 7.22. The summed E-state index contributed by atoms with van der Waals surface area (Å²) in [5.74, 6) is 2.93. The Kier molecular flexibility index (Phi) is 3.07. The zero-order valence-corrected chi connectivity index (χ0v) is 13.2. The van der Waals surface area contributed by atoms with Crippen LogP contribution in [0.25, 0.3) is 0 Å². The second kappa shape index (κ2) is 4.98. The highest BCUT2D eigenvalue weighted by atomic mass is 32.1. The average molecular weight is 320 g/mol. The van der Waals surface area contributed by atoms with Crippen molar-refractivity contribution in [3.8, 4) is 11.5 Å². The second-order valence-electron chi connectivity index (χ2n) is 5.52. The average Bonchev–Trinajstić information content (AvgIpc) is 3.11. The van der Waals surface area contributed by atoms with Gasteiger partial charge in [0.25, 0.3) is 5.91 Å². The number of hydrogen-bond acceptors (Lipinski definition) is 6. The predicted molar refractivity (Wildman–Crippen MR) is 79.5 cm³/mol. The highest BCUT2D eigenvalue weighted by Gasteiger charge is 2.32. The molecule has 0 aliphatic carbocycles. The van der Waals surface area contributed by atoms with Crippen molar-refractivity contribution in [3.63, 3.8) is 0 Å². The second-order valence-corrected chi connectivity index (χ2v) is 6.40. The first-order valence-corrected chi connectivity index (χ1v) is 8.10. The molecule has 4 rings (SSSR count). The third-order valence-electron chi connectivity index (χ3n) is 3.98. The lowest BCUT2D eigenvalue weighted by atomic mass is 10.2. The van der Waals surface area contributed by atoms with Crippen molar-refractivity contribution in [3.05, 3.63) is 21.9 Å². The van der Waals surface area contributed by atoms with E-state index in [1.807, 2.05) is 12.3 Å². The van der Waals surface area contributed by atoms with E-state index in [9.17, 15) is 4.79 Å². The topological polar surface area (TPSA) is 69.5 Å². The van der Waals surface area contributed by atoms with E-state index < -0.39 is 0 Å². The maximum Gasteiger partial charge on any atom is 0.268 e. The Morgan fingerprint density at radius 2 is 2.18 bits per heavy atom. The molecule has 8 heteroatoms. The fraction of sp³-hybridized carbons (Fsp3) is 0.500. The zero-order chi connectivity index (χ0) is 15.3. The molecule has 116 valence electrons. The van der Waals surface area contributed by atoms with Crippen molar-refractivity contribution >= 4 is 17.2 Å². The van der Waals surface area contributed by atoms with Crippen LogP contribution in [0.4, 0.5) is 0 Å². The number of nitrogens with zero attached hydrogens (tertiary/aromatic N) is 4. The molecule has 0 bridgehead atoms. The van der Waals surface area contributed by atoms with Gasteiger partial charge in [0, 0.05) is 11.9 Å². The Balaban J connectivity index is 1.63. The van der Waals surface area contributed by atoms with E-state index in [0.717, 1.165) is 11.6 Å². The Morgan fingerprint density at radius 1 is 1.36 bits per heavy atom. The first-order chi connectivity index (χ1) is 10.6. The molecule has 0 saturated carbocycles. The van der Waals surface area contributed by atoms with E-state index in [2.05, 4.69) is 21.7 Å². The molecule has 2 aromatic heterocycles. The van der Waals surface area contributed by atoms with E-state index in [1.54, 1.807) is 4.90 Å². The molecule has 0 fully saturated rings. The fourth-order valence-electron chi connectivity index (χ4n) is 3.04. The lowest BCUT2D eigenvalue weighted by molar-refractivity contribution is 0.0676. The van der Waals surface area contributed by atoms with Gasteiger partial charge in [-0.3, -0.25) is 4.79 Å². The van der Waals surface area contributed by atoms with Crippen LogP contribution in [-0.2, 0) is 6.54 Å². The summed E-state index contributed by atoms with van der Waals surface area (Å²) in [7, 11) is 0. The number of carbonyl (C=O) groups excluding carboxylic acids is 1. The summed E-state index contributed by atoms with van der Waals surface area (Å²) in [5.41, 5.74) is 0. The van der Waals surface area contributed by atoms with E-state index in [-0.39, 0.29) is 11.9 Å². The van der Waals surface area contributed by atoms with Crippen LogP contribution < -0.4 is 9.47 Å². The van der Waals surface area contributed by atoms with Gasteiger partial charge in [0.2, 0.25) is 0 Å². The number of fused-ring (bicyclic) bond motifs is 2. The van der Waals surface area contributed by atoms with Gasteiger partial charge in [0.15, 0.2) is 17.3 Å². The van der Waals surface area contributed by atoms with Crippen LogP contribution >= 0.6 is 11.3 Å². The molecule has 0 aromatic carbocycles. The first kappa shape index (κ1) is 13.6. The molecular formula is C14H16N4O3S. The normalized spacial score (nSPS) is 19.9. The largest absolute Gasteiger partial charge is 0.485 e. The summed E-state index contributed by atoms with van der Waals surface area (Å²) in [4.78, 5) is 15.2. The van der Waals surface area contributed by atoms with Crippen LogP contribution in [0.2, 0.25) is 0 Å². The van der Waals surface area contributed by atoms with Crippen molar-refractivity contribution in [2.24, 2.45) is 0 Å².